The Labute approximate surface area is 192 Å². The van der Waals surface area contributed by atoms with Gasteiger partial charge < -0.3 is 9.47 Å². The Hall–Kier alpha value is -4.34. The van der Waals surface area contributed by atoms with Gasteiger partial charge in [0.1, 0.15) is 11.5 Å². The number of amides is 1. The summed E-state index contributed by atoms with van der Waals surface area (Å²) < 4.78 is 49.2. The molecule has 4 rings (SSSR count). The molecular weight excluding hydrogens is 449 g/mol. The number of nitrogens with one attached hydrogen (secondary N) is 2. The third-order valence-electron chi connectivity index (χ3n) is 5.07. The monoisotopic (exact) mass is 468 g/mol. The Morgan fingerprint density at radius 1 is 0.941 bits per heavy atom. The van der Waals surface area contributed by atoms with Crippen LogP contribution in [0.3, 0.4) is 0 Å². The molecule has 34 heavy (non-hydrogen) atoms. The van der Waals surface area contributed by atoms with E-state index >= 15 is 0 Å². The number of methoxy groups -OCH3 is 2. The number of aromatic nitrogens is 3. The van der Waals surface area contributed by atoms with Crippen molar-refractivity contribution in [3.63, 3.8) is 0 Å². The average molecular weight is 468 g/mol. The molecule has 1 amide bonds. The number of halogens is 3. The number of aromatic amines is 1. The SMILES string of the molecule is COc1ccc(-c2nc(NC(=O)c3ccccc3-c3ccc(C(F)(F)F)cc3)n[nH]2)c(OC)c1. The number of hydrogen-bond acceptors (Lipinski definition) is 5. The summed E-state index contributed by atoms with van der Waals surface area (Å²) in [6.07, 6.45) is -4.44. The number of anilines is 1. The van der Waals surface area contributed by atoms with E-state index in [1.165, 1.54) is 19.2 Å². The van der Waals surface area contributed by atoms with Crippen molar-refractivity contribution < 1.29 is 27.4 Å². The predicted octanol–water partition coefficient (Wildman–Crippen LogP) is 5.43. The molecule has 0 aliphatic heterocycles. The molecule has 0 saturated heterocycles. The molecule has 7 nitrogen and oxygen atoms in total. The molecule has 10 heteroatoms. The van der Waals surface area contributed by atoms with Gasteiger partial charge in [0.05, 0.1) is 25.3 Å². The molecule has 2 N–H and O–H groups in total. The Kier molecular flexibility index (Phi) is 6.22. The van der Waals surface area contributed by atoms with Crippen LogP contribution in [0.1, 0.15) is 15.9 Å². The van der Waals surface area contributed by atoms with Crippen molar-refractivity contribution in [2.24, 2.45) is 0 Å². The second-order valence-electron chi connectivity index (χ2n) is 7.15. The minimum atomic E-state index is -4.44. The first-order chi connectivity index (χ1) is 16.3. The molecule has 1 heterocycles. The summed E-state index contributed by atoms with van der Waals surface area (Å²) in [7, 11) is 3.05. The maximum atomic E-state index is 13.0. The predicted molar refractivity (Wildman–Crippen MR) is 120 cm³/mol. The third-order valence-corrected chi connectivity index (χ3v) is 5.07. The molecule has 174 valence electrons. The Balaban J connectivity index is 1.58. The minimum absolute atomic E-state index is 0.0279. The first kappa shape index (κ1) is 22.8. The van der Waals surface area contributed by atoms with E-state index in [4.69, 9.17) is 9.47 Å². The highest BCUT2D eigenvalue weighted by Crippen LogP contribution is 2.33. The van der Waals surface area contributed by atoms with Gasteiger partial charge >= 0.3 is 6.18 Å². The zero-order valence-electron chi connectivity index (χ0n) is 18.1. The highest BCUT2D eigenvalue weighted by molar-refractivity contribution is 6.08. The van der Waals surface area contributed by atoms with E-state index in [0.29, 0.717) is 34.0 Å². The number of carbonyl (C=O) groups is 1. The Morgan fingerprint density at radius 3 is 2.35 bits per heavy atom. The quantitative estimate of drug-likeness (QED) is 0.394. The molecule has 0 fully saturated rings. The van der Waals surface area contributed by atoms with Gasteiger partial charge in [0.2, 0.25) is 5.95 Å². The second-order valence-corrected chi connectivity index (χ2v) is 7.15. The summed E-state index contributed by atoms with van der Waals surface area (Å²) in [4.78, 5) is 17.3. The summed E-state index contributed by atoms with van der Waals surface area (Å²) in [5.41, 5.74) is 1.05. The fourth-order valence-corrected chi connectivity index (χ4v) is 3.37. The number of alkyl halides is 3. The van der Waals surface area contributed by atoms with Gasteiger partial charge in [0.25, 0.3) is 5.91 Å². The highest BCUT2D eigenvalue weighted by atomic mass is 19.4. The number of ether oxygens (including phenoxy) is 2. The Morgan fingerprint density at radius 2 is 1.68 bits per heavy atom. The standard InChI is InChI=1S/C24H19F3N4O3/c1-33-16-11-12-19(20(13-16)34-2)21-28-23(31-30-21)29-22(32)18-6-4-3-5-17(18)14-7-9-15(10-8-14)24(25,26)27/h3-13H,1-2H3,(H2,28,29,30,31,32). The van der Waals surface area contributed by atoms with Crippen molar-refractivity contribution in [1.82, 2.24) is 15.2 Å². The van der Waals surface area contributed by atoms with Crippen LogP contribution in [0.15, 0.2) is 66.7 Å². The fourth-order valence-electron chi connectivity index (χ4n) is 3.37. The zero-order chi connectivity index (χ0) is 24.3. The van der Waals surface area contributed by atoms with Gasteiger partial charge in [-0.25, -0.2) is 0 Å². The summed E-state index contributed by atoms with van der Waals surface area (Å²) >= 11 is 0. The molecule has 0 radical (unpaired) electrons. The summed E-state index contributed by atoms with van der Waals surface area (Å²) in [5.74, 6) is 0.989. The number of hydrogen-bond donors (Lipinski definition) is 2. The van der Waals surface area contributed by atoms with E-state index in [0.717, 1.165) is 12.1 Å². The van der Waals surface area contributed by atoms with Gasteiger partial charge in [-0.05, 0) is 41.5 Å². The molecule has 3 aromatic carbocycles. The molecule has 0 aliphatic rings. The number of carbonyl (C=O) groups excluding carboxylic acids is 1. The largest absolute Gasteiger partial charge is 0.497 e. The fraction of sp³-hybridized carbons (Fsp3) is 0.125. The lowest BCUT2D eigenvalue weighted by molar-refractivity contribution is -0.137. The normalized spacial score (nSPS) is 11.2. The van der Waals surface area contributed by atoms with E-state index in [9.17, 15) is 18.0 Å². The van der Waals surface area contributed by atoms with Crippen LogP contribution < -0.4 is 14.8 Å². The van der Waals surface area contributed by atoms with E-state index < -0.39 is 17.6 Å². The molecule has 0 saturated carbocycles. The smallest absolute Gasteiger partial charge is 0.416 e. The molecule has 0 bridgehead atoms. The van der Waals surface area contributed by atoms with Gasteiger partial charge in [-0.2, -0.15) is 18.2 Å². The topological polar surface area (TPSA) is 89.1 Å². The van der Waals surface area contributed by atoms with Crippen LogP contribution in [0.4, 0.5) is 19.1 Å². The minimum Gasteiger partial charge on any atom is -0.497 e. The van der Waals surface area contributed by atoms with E-state index in [1.807, 2.05) is 0 Å². The van der Waals surface area contributed by atoms with Gasteiger partial charge in [0, 0.05) is 11.6 Å². The molecule has 0 aliphatic carbocycles. The molecule has 4 aromatic rings. The first-order valence-electron chi connectivity index (χ1n) is 10.0. The lowest BCUT2D eigenvalue weighted by Crippen LogP contribution is -2.14. The highest BCUT2D eigenvalue weighted by Gasteiger charge is 2.30. The number of nitrogens with zero attached hydrogens (tertiary/aromatic N) is 2. The van der Waals surface area contributed by atoms with Crippen LogP contribution in [-0.4, -0.2) is 35.3 Å². The van der Waals surface area contributed by atoms with Crippen molar-refractivity contribution in [2.45, 2.75) is 6.18 Å². The zero-order valence-corrected chi connectivity index (χ0v) is 18.1. The number of H-pyrrole nitrogens is 1. The van der Waals surface area contributed by atoms with E-state index in [-0.39, 0.29) is 11.5 Å². The van der Waals surface area contributed by atoms with Crippen LogP contribution in [0.25, 0.3) is 22.5 Å². The van der Waals surface area contributed by atoms with Crippen LogP contribution in [0.5, 0.6) is 11.5 Å². The van der Waals surface area contributed by atoms with Crippen LogP contribution in [-0.2, 0) is 6.18 Å². The van der Waals surface area contributed by atoms with Crippen molar-refractivity contribution >= 4 is 11.9 Å². The van der Waals surface area contributed by atoms with Crippen LogP contribution >= 0.6 is 0 Å². The maximum Gasteiger partial charge on any atom is 0.416 e. The van der Waals surface area contributed by atoms with E-state index in [1.54, 1.807) is 49.6 Å². The van der Waals surface area contributed by atoms with E-state index in [2.05, 4.69) is 20.5 Å². The second kappa shape index (κ2) is 9.26. The van der Waals surface area contributed by atoms with Crippen LogP contribution in [0, 0.1) is 0 Å². The molecule has 1 aromatic heterocycles. The van der Waals surface area contributed by atoms with Crippen molar-refractivity contribution in [3.05, 3.63) is 77.9 Å². The summed E-state index contributed by atoms with van der Waals surface area (Å²) in [6.45, 7) is 0. The lowest BCUT2D eigenvalue weighted by atomic mass is 9.98. The van der Waals surface area contributed by atoms with Crippen molar-refractivity contribution in [3.8, 4) is 34.0 Å². The maximum absolute atomic E-state index is 13.0. The molecule has 0 atom stereocenters. The molecule has 0 spiro atoms. The molecular formula is C24H19F3N4O3. The van der Waals surface area contributed by atoms with Crippen LogP contribution in [0.2, 0.25) is 0 Å². The van der Waals surface area contributed by atoms with Gasteiger partial charge in [-0.3, -0.25) is 15.2 Å². The average Bonchev–Trinajstić information content (AvgIpc) is 3.31. The first-order valence-corrected chi connectivity index (χ1v) is 10.0. The molecule has 0 unspecified atom stereocenters. The van der Waals surface area contributed by atoms with Gasteiger partial charge in [-0.15, -0.1) is 5.10 Å². The third kappa shape index (κ3) is 4.70. The summed E-state index contributed by atoms with van der Waals surface area (Å²) in [6, 6.07) is 16.4. The number of benzene rings is 3. The summed E-state index contributed by atoms with van der Waals surface area (Å²) in [5, 5.41) is 9.41. The van der Waals surface area contributed by atoms with Gasteiger partial charge in [0.15, 0.2) is 5.82 Å². The Bertz CT molecular complexity index is 1320. The van der Waals surface area contributed by atoms with Gasteiger partial charge in [-0.1, -0.05) is 30.3 Å². The lowest BCUT2D eigenvalue weighted by Gasteiger charge is -2.11. The van der Waals surface area contributed by atoms with Crippen molar-refractivity contribution in [1.29, 1.82) is 0 Å². The number of rotatable bonds is 6. The van der Waals surface area contributed by atoms with Crippen molar-refractivity contribution in [2.75, 3.05) is 19.5 Å².